The Balaban J connectivity index is 2.80. The van der Waals surface area contributed by atoms with Gasteiger partial charge in [0.25, 0.3) is 0 Å². The van der Waals surface area contributed by atoms with Gasteiger partial charge >= 0.3 is 6.09 Å². The van der Waals surface area contributed by atoms with Gasteiger partial charge in [0.05, 0.1) is 6.61 Å². The summed E-state index contributed by atoms with van der Waals surface area (Å²) in [6.45, 7) is 5.59. The van der Waals surface area contributed by atoms with E-state index in [4.69, 9.17) is 22.1 Å². The quantitative estimate of drug-likeness (QED) is 0.798. The predicted octanol–water partition coefficient (Wildman–Crippen LogP) is 2.72. The van der Waals surface area contributed by atoms with Crippen molar-refractivity contribution in [3.8, 4) is 0 Å². The molecule has 0 spiro atoms. The number of nitrogens with one attached hydrogen (secondary N) is 1. The molecule has 0 aliphatic heterocycles. The van der Waals surface area contributed by atoms with Crippen LogP contribution in [0.4, 0.5) is 10.5 Å². The molecule has 1 aromatic rings. The number of hydrogen-bond acceptors (Lipinski definition) is 4. The summed E-state index contributed by atoms with van der Waals surface area (Å²) < 4.78 is 5.15. The van der Waals surface area contributed by atoms with Crippen LogP contribution < -0.4 is 11.1 Å². The predicted molar refractivity (Wildman–Crippen MR) is 80.2 cm³/mol. The van der Waals surface area contributed by atoms with Crippen molar-refractivity contribution in [2.45, 2.75) is 32.3 Å². The summed E-state index contributed by atoms with van der Waals surface area (Å²) in [5, 5.41) is 12.3. The number of benzene rings is 1. The van der Waals surface area contributed by atoms with Crippen LogP contribution in [0.25, 0.3) is 0 Å². The van der Waals surface area contributed by atoms with E-state index in [1.54, 1.807) is 39.0 Å². The third kappa shape index (κ3) is 5.00. The van der Waals surface area contributed by atoms with Gasteiger partial charge in [-0.15, -0.1) is 0 Å². The molecule has 0 aliphatic carbocycles. The number of nitrogens with two attached hydrogens (primary N) is 1. The van der Waals surface area contributed by atoms with Gasteiger partial charge in [-0.2, -0.15) is 0 Å². The molecule has 0 aliphatic rings. The van der Waals surface area contributed by atoms with Gasteiger partial charge in [0, 0.05) is 23.2 Å². The summed E-state index contributed by atoms with van der Waals surface area (Å²) in [6, 6.07) is 5.05. The number of aliphatic hydroxyl groups excluding tert-OH is 1. The molecule has 0 heterocycles. The van der Waals surface area contributed by atoms with Crippen molar-refractivity contribution >= 4 is 23.4 Å². The van der Waals surface area contributed by atoms with Gasteiger partial charge < -0.3 is 15.6 Å². The molecule has 6 heteroatoms. The molecule has 1 aromatic carbocycles. The van der Waals surface area contributed by atoms with E-state index in [-0.39, 0.29) is 12.5 Å². The van der Waals surface area contributed by atoms with E-state index in [0.29, 0.717) is 17.3 Å². The number of halogens is 1. The summed E-state index contributed by atoms with van der Waals surface area (Å²) in [5.74, 6) is -0.210. The number of amides is 1. The zero-order valence-electron chi connectivity index (χ0n) is 11.9. The summed E-state index contributed by atoms with van der Waals surface area (Å²) >= 11 is 6.14. The van der Waals surface area contributed by atoms with Crippen LogP contribution in [-0.4, -0.2) is 30.0 Å². The molecule has 1 amide bonds. The van der Waals surface area contributed by atoms with Crippen LogP contribution in [0.1, 0.15) is 32.3 Å². The van der Waals surface area contributed by atoms with Gasteiger partial charge in [-0.25, -0.2) is 4.79 Å². The Kier molecular flexibility index (Phi) is 5.80. The molecule has 1 rings (SSSR count). The highest BCUT2D eigenvalue weighted by Gasteiger charge is 2.17. The van der Waals surface area contributed by atoms with Crippen molar-refractivity contribution in [1.29, 1.82) is 0 Å². The molecule has 1 unspecified atom stereocenters. The van der Waals surface area contributed by atoms with E-state index in [2.05, 4.69) is 5.32 Å². The van der Waals surface area contributed by atoms with Crippen molar-refractivity contribution < 1.29 is 14.6 Å². The van der Waals surface area contributed by atoms with Crippen LogP contribution in [0.15, 0.2) is 18.2 Å². The minimum absolute atomic E-state index is 0.0743. The Morgan fingerprint density at radius 3 is 2.60 bits per heavy atom. The molecule has 0 fully saturated rings. The lowest BCUT2D eigenvalue weighted by molar-refractivity contribution is 0.0636. The number of anilines is 1. The molecular formula is C14H21ClN2O3. The Morgan fingerprint density at radius 1 is 1.50 bits per heavy atom. The number of rotatable bonds is 4. The van der Waals surface area contributed by atoms with Crippen LogP contribution in [0.2, 0.25) is 5.02 Å². The Morgan fingerprint density at radius 2 is 2.15 bits per heavy atom. The van der Waals surface area contributed by atoms with E-state index < -0.39 is 11.7 Å². The second-order valence-electron chi connectivity index (χ2n) is 5.48. The van der Waals surface area contributed by atoms with Crippen molar-refractivity contribution in [3.63, 3.8) is 0 Å². The van der Waals surface area contributed by atoms with E-state index in [1.807, 2.05) is 0 Å². The highest BCUT2D eigenvalue weighted by Crippen LogP contribution is 2.27. The molecule has 112 valence electrons. The molecule has 1 atom stereocenters. The van der Waals surface area contributed by atoms with E-state index in [1.165, 1.54) is 0 Å². The first-order chi connectivity index (χ1) is 9.26. The second kappa shape index (κ2) is 6.92. The smallest absolute Gasteiger partial charge is 0.412 e. The van der Waals surface area contributed by atoms with Crippen molar-refractivity contribution in [1.82, 2.24) is 0 Å². The fraction of sp³-hybridized carbons (Fsp3) is 0.500. The molecule has 0 aromatic heterocycles. The van der Waals surface area contributed by atoms with Gasteiger partial charge in [-0.05, 0) is 38.5 Å². The Labute approximate surface area is 124 Å². The van der Waals surface area contributed by atoms with Crippen LogP contribution in [-0.2, 0) is 4.74 Å². The first-order valence-electron chi connectivity index (χ1n) is 6.37. The molecular weight excluding hydrogens is 280 g/mol. The molecule has 20 heavy (non-hydrogen) atoms. The Bertz CT molecular complexity index is 468. The first kappa shape index (κ1) is 16.8. The normalized spacial score (nSPS) is 12.9. The van der Waals surface area contributed by atoms with Crippen LogP contribution >= 0.6 is 11.6 Å². The highest BCUT2D eigenvalue weighted by molar-refractivity contribution is 6.31. The molecule has 0 bridgehead atoms. The molecule has 0 saturated heterocycles. The number of carbonyl (C=O) groups is 1. The summed E-state index contributed by atoms with van der Waals surface area (Å²) in [4.78, 5) is 11.6. The fourth-order valence-electron chi connectivity index (χ4n) is 1.66. The fourth-order valence-corrected chi connectivity index (χ4v) is 1.99. The molecule has 0 saturated carbocycles. The lowest BCUT2D eigenvalue weighted by Crippen LogP contribution is -2.27. The number of hydrogen-bond donors (Lipinski definition) is 3. The lowest BCUT2D eigenvalue weighted by atomic mass is 10.00. The monoisotopic (exact) mass is 300 g/mol. The Hall–Kier alpha value is -1.30. The van der Waals surface area contributed by atoms with Gasteiger partial charge in [-0.1, -0.05) is 17.7 Å². The number of ether oxygens (including phenoxy) is 1. The summed E-state index contributed by atoms with van der Waals surface area (Å²) in [5.41, 5.74) is 6.29. The largest absolute Gasteiger partial charge is 0.444 e. The molecule has 0 radical (unpaired) electrons. The van der Waals surface area contributed by atoms with E-state index in [0.717, 1.165) is 5.56 Å². The van der Waals surface area contributed by atoms with Gasteiger partial charge in [0.2, 0.25) is 0 Å². The number of aliphatic hydroxyl groups is 1. The van der Waals surface area contributed by atoms with Crippen molar-refractivity contribution in [2.75, 3.05) is 18.5 Å². The van der Waals surface area contributed by atoms with Crippen LogP contribution in [0.3, 0.4) is 0 Å². The average molecular weight is 301 g/mol. The minimum Gasteiger partial charge on any atom is -0.444 e. The van der Waals surface area contributed by atoms with E-state index >= 15 is 0 Å². The lowest BCUT2D eigenvalue weighted by Gasteiger charge is -2.20. The third-order valence-electron chi connectivity index (χ3n) is 2.59. The SMILES string of the molecule is CC(C)(C)OC(=O)Nc1ccc(C(CN)CO)c(Cl)c1. The second-order valence-corrected chi connectivity index (χ2v) is 5.89. The van der Waals surface area contributed by atoms with Crippen molar-refractivity contribution in [2.24, 2.45) is 5.73 Å². The average Bonchev–Trinajstić information content (AvgIpc) is 2.30. The maximum atomic E-state index is 11.6. The first-order valence-corrected chi connectivity index (χ1v) is 6.75. The zero-order valence-corrected chi connectivity index (χ0v) is 12.7. The van der Waals surface area contributed by atoms with Crippen LogP contribution in [0.5, 0.6) is 0 Å². The maximum absolute atomic E-state index is 11.6. The topological polar surface area (TPSA) is 84.6 Å². The van der Waals surface area contributed by atoms with Gasteiger partial charge in [0.15, 0.2) is 0 Å². The van der Waals surface area contributed by atoms with Gasteiger partial charge in [0.1, 0.15) is 5.60 Å². The number of carbonyl (C=O) groups excluding carboxylic acids is 1. The molecule has 4 N–H and O–H groups in total. The van der Waals surface area contributed by atoms with E-state index in [9.17, 15) is 9.90 Å². The summed E-state index contributed by atoms with van der Waals surface area (Å²) in [7, 11) is 0. The standard InChI is InChI=1S/C14H21ClN2O3/c1-14(2,3)20-13(19)17-10-4-5-11(12(15)6-10)9(7-16)8-18/h4-6,9,18H,7-8,16H2,1-3H3,(H,17,19). The van der Waals surface area contributed by atoms with Crippen LogP contribution in [0, 0.1) is 0 Å². The third-order valence-corrected chi connectivity index (χ3v) is 2.92. The van der Waals surface area contributed by atoms with Crippen molar-refractivity contribution in [3.05, 3.63) is 28.8 Å². The summed E-state index contributed by atoms with van der Waals surface area (Å²) in [6.07, 6.45) is -0.543. The minimum atomic E-state index is -0.560. The van der Waals surface area contributed by atoms with Gasteiger partial charge in [-0.3, -0.25) is 5.32 Å². The maximum Gasteiger partial charge on any atom is 0.412 e. The highest BCUT2D eigenvalue weighted by atomic mass is 35.5. The molecule has 5 nitrogen and oxygen atoms in total. The zero-order chi connectivity index (χ0) is 15.3.